The van der Waals surface area contributed by atoms with Crippen molar-refractivity contribution in [3.63, 3.8) is 0 Å². The van der Waals surface area contributed by atoms with Gasteiger partial charge in [-0.05, 0) is 53.6 Å². The van der Waals surface area contributed by atoms with E-state index in [1.54, 1.807) is 11.1 Å². The van der Waals surface area contributed by atoms with Gasteiger partial charge in [0, 0.05) is 63.7 Å². The molecule has 2 amide bonds. The van der Waals surface area contributed by atoms with Crippen LogP contribution in [0, 0.1) is 23.0 Å². The van der Waals surface area contributed by atoms with Crippen LogP contribution in [-0.2, 0) is 20.9 Å². The average molecular weight is 729 g/mol. The van der Waals surface area contributed by atoms with E-state index in [1.807, 2.05) is 66.6 Å². The molecule has 0 spiro atoms. The first-order valence-electron chi connectivity index (χ1n) is 17.1. The highest BCUT2D eigenvalue weighted by molar-refractivity contribution is 8.00. The number of hydrogen-bond acceptors (Lipinski definition) is 6. The molecule has 272 valence electrons. The lowest BCUT2D eigenvalue weighted by molar-refractivity contribution is -0.138. The number of carbonyl (C=O) groups is 3. The minimum atomic E-state index is -1.14. The van der Waals surface area contributed by atoms with Crippen LogP contribution in [-0.4, -0.2) is 90.0 Å². The quantitative estimate of drug-likeness (QED) is 0.172. The van der Waals surface area contributed by atoms with E-state index in [-0.39, 0.29) is 35.0 Å². The Balaban J connectivity index is 1.73. The first-order valence-corrected chi connectivity index (χ1v) is 21.4. The second-order valence-corrected chi connectivity index (χ2v) is 19.0. The maximum Gasteiger partial charge on any atom is 0.409 e. The fourth-order valence-corrected chi connectivity index (χ4v) is 7.73. The molecule has 0 aliphatic carbocycles. The van der Waals surface area contributed by atoms with Crippen LogP contribution < -0.4 is 5.73 Å². The van der Waals surface area contributed by atoms with E-state index in [4.69, 9.17) is 10.5 Å². The van der Waals surface area contributed by atoms with Crippen molar-refractivity contribution < 1.29 is 33.0 Å². The second-order valence-electron chi connectivity index (χ2n) is 14.6. The summed E-state index contributed by atoms with van der Waals surface area (Å²) in [6, 6.07) is 14.2. The lowest BCUT2D eigenvalue weighted by Gasteiger charge is -2.42. The Morgan fingerprint density at radius 1 is 1.12 bits per heavy atom. The SMILES string of the molecule is C[SiH](C)CCOC(=O)N1CCC(CN(C(=O)CSC[C@H](N)C(=O)O)[C@@H](c2cc(-c3cc(F)ccc3F)cn2Cc2ccccc2)C(C)(C)C)C1. The van der Waals surface area contributed by atoms with Crippen LogP contribution in [0.25, 0.3) is 11.1 Å². The smallest absolute Gasteiger partial charge is 0.409 e. The third-order valence-corrected chi connectivity index (χ3v) is 11.3. The summed E-state index contributed by atoms with van der Waals surface area (Å²) in [5, 5.41) is 9.30. The maximum absolute atomic E-state index is 15.2. The van der Waals surface area contributed by atoms with E-state index < -0.39 is 43.9 Å². The Morgan fingerprint density at radius 3 is 2.50 bits per heavy atom. The monoisotopic (exact) mass is 728 g/mol. The van der Waals surface area contributed by atoms with E-state index in [0.717, 1.165) is 41.2 Å². The molecule has 50 heavy (non-hydrogen) atoms. The van der Waals surface area contributed by atoms with Crippen LogP contribution in [0.2, 0.25) is 19.1 Å². The summed E-state index contributed by atoms with van der Waals surface area (Å²) >= 11 is 1.16. The van der Waals surface area contributed by atoms with E-state index in [0.29, 0.717) is 44.8 Å². The van der Waals surface area contributed by atoms with Gasteiger partial charge in [-0.2, -0.15) is 0 Å². The van der Waals surface area contributed by atoms with Crippen molar-refractivity contribution in [2.75, 3.05) is 37.7 Å². The molecule has 1 unspecified atom stereocenters. The van der Waals surface area contributed by atoms with Crippen LogP contribution in [0.1, 0.15) is 44.5 Å². The molecule has 1 aromatic heterocycles. The van der Waals surface area contributed by atoms with Gasteiger partial charge in [-0.25, -0.2) is 13.6 Å². The second kappa shape index (κ2) is 17.5. The fraction of sp³-hybridized carbons (Fsp3) is 0.486. The van der Waals surface area contributed by atoms with Gasteiger partial charge in [0.1, 0.15) is 17.7 Å². The Bertz CT molecular complexity index is 1620. The summed E-state index contributed by atoms with van der Waals surface area (Å²) < 4.78 is 37.1. The van der Waals surface area contributed by atoms with Gasteiger partial charge >= 0.3 is 12.1 Å². The summed E-state index contributed by atoms with van der Waals surface area (Å²) in [6.07, 6.45) is 2.13. The highest BCUT2D eigenvalue weighted by Gasteiger charge is 2.40. The Morgan fingerprint density at radius 2 is 1.84 bits per heavy atom. The summed E-state index contributed by atoms with van der Waals surface area (Å²) in [6.45, 7) is 12.6. The fourth-order valence-electron chi connectivity index (χ4n) is 6.29. The number of carboxylic acid groups (broad SMARTS) is 1. The molecule has 1 aliphatic heterocycles. The van der Waals surface area contributed by atoms with E-state index >= 15 is 4.39 Å². The zero-order valence-corrected chi connectivity index (χ0v) is 31.6. The van der Waals surface area contributed by atoms with Gasteiger partial charge in [0.15, 0.2) is 0 Å². The average Bonchev–Trinajstić information content (AvgIpc) is 3.69. The minimum Gasteiger partial charge on any atom is -0.480 e. The number of nitrogens with two attached hydrogens (primary N) is 1. The number of benzene rings is 2. The number of likely N-dealkylation sites (tertiary alicyclic amines) is 1. The van der Waals surface area contributed by atoms with E-state index in [9.17, 15) is 23.9 Å². The van der Waals surface area contributed by atoms with Gasteiger partial charge in [0.25, 0.3) is 0 Å². The Hall–Kier alpha value is -3.68. The highest BCUT2D eigenvalue weighted by Crippen LogP contribution is 2.42. The third kappa shape index (κ3) is 10.7. The standard InChI is InChI=1S/C37H50F2N4O5SSi/c1-37(2,3)34(32-17-27(29-18-28(38)11-12-30(29)39)22-42(32)19-25-9-7-6-8-10-25)43(33(44)24-49-23-31(40)35(45)46)21-26-13-14-41(20-26)36(47)48-15-16-50(4)5/h6-12,17-18,22,26,31,34,50H,13-16,19-21,23-24,40H2,1-5H3,(H,45,46)/t26?,31-,34-/m0/s1. The van der Waals surface area contributed by atoms with Crippen molar-refractivity contribution in [3.05, 3.63) is 83.7 Å². The zero-order chi connectivity index (χ0) is 36.6. The largest absolute Gasteiger partial charge is 0.480 e. The topological polar surface area (TPSA) is 118 Å². The zero-order valence-electron chi connectivity index (χ0n) is 29.6. The van der Waals surface area contributed by atoms with E-state index in [1.165, 1.54) is 6.07 Å². The lowest BCUT2D eigenvalue weighted by Crippen LogP contribution is -2.46. The van der Waals surface area contributed by atoms with Crippen LogP contribution in [0.5, 0.6) is 0 Å². The van der Waals surface area contributed by atoms with Crippen LogP contribution in [0.3, 0.4) is 0 Å². The summed E-state index contributed by atoms with van der Waals surface area (Å²) in [7, 11) is -0.862. The first kappa shape index (κ1) is 39.1. The number of halogens is 2. The van der Waals surface area contributed by atoms with Gasteiger partial charge in [0.2, 0.25) is 5.91 Å². The number of aliphatic carboxylic acids is 1. The number of amides is 2. The van der Waals surface area contributed by atoms with Crippen molar-refractivity contribution in [1.82, 2.24) is 14.4 Å². The molecular formula is C37H50F2N4O5SSi. The Labute approximate surface area is 299 Å². The summed E-state index contributed by atoms with van der Waals surface area (Å²) in [5.74, 6) is -2.45. The highest BCUT2D eigenvalue weighted by atomic mass is 32.2. The molecule has 13 heteroatoms. The number of rotatable bonds is 15. The van der Waals surface area contributed by atoms with Crippen LogP contribution in [0.15, 0.2) is 60.8 Å². The number of carbonyl (C=O) groups excluding carboxylic acids is 2. The minimum absolute atomic E-state index is 0.00406. The molecular weight excluding hydrogens is 679 g/mol. The summed E-state index contributed by atoms with van der Waals surface area (Å²) in [5.41, 5.74) is 7.54. The molecule has 2 heterocycles. The molecule has 1 fully saturated rings. The number of aromatic nitrogens is 1. The normalized spacial score (nSPS) is 16.0. The number of carboxylic acids is 1. The number of nitrogens with zero attached hydrogens (tertiary/aromatic N) is 3. The number of thioether (sulfide) groups is 1. The molecule has 0 saturated carbocycles. The van der Waals surface area contributed by atoms with Crippen LogP contribution in [0.4, 0.5) is 13.6 Å². The van der Waals surface area contributed by atoms with Crippen LogP contribution >= 0.6 is 11.8 Å². The molecule has 3 atom stereocenters. The molecule has 2 aromatic carbocycles. The van der Waals surface area contributed by atoms with Crippen molar-refractivity contribution in [3.8, 4) is 11.1 Å². The van der Waals surface area contributed by atoms with Crippen molar-refractivity contribution in [2.45, 2.75) is 65.0 Å². The maximum atomic E-state index is 15.2. The predicted molar refractivity (Wildman–Crippen MR) is 197 cm³/mol. The van der Waals surface area contributed by atoms with Crippen molar-refractivity contribution >= 4 is 38.5 Å². The van der Waals surface area contributed by atoms with Crippen molar-refractivity contribution in [1.29, 1.82) is 0 Å². The molecule has 1 aliphatic rings. The molecule has 3 aromatic rings. The van der Waals surface area contributed by atoms with Gasteiger partial charge in [-0.15, -0.1) is 11.8 Å². The predicted octanol–water partition coefficient (Wildman–Crippen LogP) is 6.49. The van der Waals surface area contributed by atoms with Gasteiger partial charge in [0.05, 0.1) is 18.4 Å². The summed E-state index contributed by atoms with van der Waals surface area (Å²) in [4.78, 5) is 42.1. The molecule has 0 radical (unpaired) electrons. The Kier molecular flexibility index (Phi) is 13.7. The number of hydrogen-bond donors (Lipinski definition) is 2. The van der Waals surface area contributed by atoms with Gasteiger partial charge in [-0.3, -0.25) is 9.59 Å². The molecule has 3 N–H and O–H groups in total. The molecule has 1 saturated heterocycles. The molecule has 4 rings (SSSR count). The third-order valence-electron chi connectivity index (χ3n) is 8.86. The molecule has 9 nitrogen and oxygen atoms in total. The van der Waals surface area contributed by atoms with Crippen molar-refractivity contribution in [2.24, 2.45) is 17.1 Å². The number of ether oxygens (including phenoxy) is 1. The van der Waals surface area contributed by atoms with Gasteiger partial charge < -0.3 is 29.9 Å². The van der Waals surface area contributed by atoms with Gasteiger partial charge in [-0.1, -0.05) is 64.2 Å². The molecule has 0 bridgehead atoms. The first-order chi connectivity index (χ1) is 23.6. The van der Waals surface area contributed by atoms with E-state index in [2.05, 4.69) is 13.1 Å². The lowest BCUT2D eigenvalue weighted by atomic mass is 9.82.